The zero-order chi connectivity index (χ0) is 14.7. The second-order valence-corrected chi connectivity index (χ2v) is 4.85. The van der Waals surface area contributed by atoms with Crippen LogP contribution in [-0.4, -0.2) is 18.3 Å². The van der Waals surface area contributed by atoms with E-state index in [-0.39, 0.29) is 0 Å². The van der Waals surface area contributed by atoms with Crippen LogP contribution in [0.5, 0.6) is 11.5 Å². The third kappa shape index (κ3) is 2.94. The van der Waals surface area contributed by atoms with Gasteiger partial charge in [0.1, 0.15) is 18.1 Å². The van der Waals surface area contributed by atoms with Crippen molar-refractivity contribution in [2.24, 2.45) is 0 Å². The van der Waals surface area contributed by atoms with E-state index < -0.39 is 0 Å². The second kappa shape index (κ2) is 5.79. The Morgan fingerprint density at radius 3 is 2.52 bits per heavy atom. The van der Waals surface area contributed by atoms with E-state index in [4.69, 9.17) is 15.2 Å². The fourth-order valence-corrected chi connectivity index (χ4v) is 2.35. The zero-order valence-corrected chi connectivity index (χ0v) is 12.0. The number of hydrogen-bond acceptors (Lipinski definition) is 3. The van der Waals surface area contributed by atoms with E-state index in [1.807, 2.05) is 42.5 Å². The number of aromatic nitrogens is 1. The van der Waals surface area contributed by atoms with Crippen molar-refractivity contribution >= 4 is 16.6 Å². The molecule has 0 unspecified atom stereocenters. The maximum atomic E-state index is 5.79. The molecule has 0 saturated heterocycles. The lowest BCUT2D eigenvalue weighted by atomic mass is 10.2. The summed E-state index contributed by atoms with van der Waals surface area (Å²) in [6.45, 7) is 1.40. The number of nitrogen functional groups attached to an aromatic ring is 1. The maximum Gasteiger partial charge on any atom is 0.119 e. The molecule has 0 fully saturated rings. The van der Waals surface area contributed by atoms with E-state index >= 15 is 0 Å². The van der Waals surface area contributed by atoms with Gasteiger partial charge in [0.25, 0.3) is 0 Å². The Morgan fingerprint density at radius 1 is 1.00 bits per heavy atom. The summed E-state index contributed by atoms with van der Waals surface area (Å²) >= 11 is 0. The number of nitrogens with zero attached hydrogens (tertiary/aromatic N) is 1. The van der Waals surface area contributed by atoms with Crippen molar-refractivity contribution in [1.82, 2.24) is 4.57 Å². The number of anilines is 1. The van der Waals surface area contributed by atoms with Crippen LogP contribution >= 0.6 is 0 Å². The van der Waals surface area contributed by atoms with Crippen LogP contribution in [0, 0.1) is 0 Å². The van der Waals surface area contributed by atoms with Crippen LogP contribution in [0.2, 0.25) is 0 Å². The van der Waals surface area contributed by atoms with Crippen LogP contribution in [0.15, 0.2) is 54.7 Å². The van der Waals surface area contributed by atoms with Gasteiger partial charge in [-0.2, -0.15) is 0 Å². The second-order valence-electron chi connectivity index (χ2n) is 4.85. The van der Waals surface area contributed by atoms with Crippen molar-refractivity contribution in [3.63, 3.8) is 0 Å². The molecule has 21 heavy (non-hydrogen) atoms. The molecule has 0 radical (unpaired) electrons. The average Bonchev–Trinajstić information content (AvgIpc) is 2.90. The lowest BCUT2D eigenvalue weighted by molar-refractivity contribution is 0.300. The van der Waals surface area contributed by atoms with Crippen molar-refractivity contribution < 1.29 is 9.47 Å². The van der Waals surface area contributed by atoms with Crippen molar-refractivity contribution in [3.8, 4) is 11.5 Å². The molecular weight excluding hydrogens is 264 g/mol. The third-order valence-corrected chi connectivity index (χ3v) is 3.46. The molecule has 3 rings (SSSR count). The minimum Gasteiger partial charge on any atom is -0.497 e. The standard InChI is InChI=1S/C17H18N2O2/c1-20-15-3-5-16(6-4-15)21-11-10-19-9-8-13-12-14(18)2-7-17(13)19/h2-9,12H,10-11,18H2,1H3. The summed E-state index contributed by atoms with van der Waals surface area (Å²) in [5.74, 6) is 1.67. The van der Waals surface area contributed by atoms with Gasteiger partial charge in [0.2, 0.25) is 0 Å². The molecule has 2 N–H and O–H groups in total. The Morgan fingerprint density at radius 2 is 1.76 bits per heavy atom. The summed E-state index contributed by atoms with van der Waals surface area (Å²) in [4.78, 5) is 0. The van der Waals surface area contributed by atoms with Gasteiger partial charge in [0, 0.05) is 22.8 Å². The molecule has 4 heteroatoms. The zero-order valence-electron chi connectivity index (χ0n) is 12.0. The van der Waals surface area contributed by atoms with Crippen LogP contribution in [0.25, 0.3) is 10.9 Å². The van der Waals surface area contributed by atoms with Gasteiger partial charge in [-0.05, 0) is 48.5 Å². The van der Waals surface area contributed by atoms with Gasteiger partial charge in [0.05, 0.1) is 13.7 Å². The Labute approximate surface area is 123 Å². The van der Waals surface area contributed by atoms with E-state index in [0.29, 0.717) is 6.61 Å². The molecule has 0 saturated carbocycles. The topological polar surface area (TPSA) is 49.4 Å². The van der Waals surface area contributed by atoms with Crippen molar-refractivity contribution in [2.45, 2.75) is 6.54 Å². The van der Waals surface area contributed by atoms with Crippen molar-refractivity contribution in [1.29, 1.82) is 0 Å². The normalized spacial score (nSPS) is 10.7. The van der Waals surface area contributed by atoms with Crippen LogP contribution < -0.4 is 15.2 Å². The van der Waals surface area contributed by atoms with Crippen molar-refractivity contribution in [3.05, 3.63) is 54.7 Å². The largest absolute Gasteiger partial charge is 0.497 e. The summed E-state index contributed by atoms with van der Waals surface area (Å²) in [7, 11) is 1.65. The molecule has 4 nitrogen and oxygen atoms in total. The lowest BCUT2D eigenvalue weighted by Gasteiger charge is -2.09. The van der Waals surface area contributed by atoms with Crippen LogP contribution in [0.4, 0.5) is 5.69 Å². The third-order valence-electron chi connectivity index (χ3n) is 3.46. The predicted molar refractivity (Wildman–Crippen MR) is 84.8 cm³/mol. The molecule has 1 aromatic heterocycles. The molecule has 0 atom stereocenters. The molecule has 0 amide bonds. The SMILES string of the molecule is COc1ccc(OCCn2ccc3cc(N)ccc32)cc1. The summed E-state index contributed by atoms with van der Waals surface area (Å²) < 4.78 is 13.0. The Bertz CT molecular complexity index is 732. The fourth-order valence-electron chi connectivity index (χ4n) is 2.35. The molecule has 0 aliphatic heterocycles. The van der Waals surface area contributed by atoms with Gasteiger partial charge >= 0.3 is 0 Å². The summed E-state index contributed by atoms with van der Waals surface area (Å²) in [5.41, 5.74) is 7.74. The van der Waals surface area contributed by atoms with E-state index in [0.717, 1.165) is 29.1 Å². The van der Waals surface area contributed by atoms with Gasteiger partial charge in [0.15, 0.2) is 0 Å². The number of benzene rings is 2. The van der Waals surface area contributed by atoms with E-state index in [2.05, 4.69) is 16.8 Å². The van der Waals surface area contributed by atoms with Gasteiger partial charge in [-0.25, -0.2) is 0 Å². The minimum absolute atomic E-state index is 0.612. The Hall–Kier alpha value is -2.62. The first kappa shape index (κ1) is 13.4. The molecule has 0 aliphatic rings. The molecule has 3 aromatic rings. The fraction of sp³-hybridized carbons (Fsp3) is 0.176. The summed E-state index contributed by atoms with van der Waals surface area (Å²) in [6.07, 6.45) is 2.06. The number of fused-ring (bicyclic) bond motifs is 1. The monoisotopic (exact) mass is 282 g/mol. The van der Waals surface area contributed by atoms with Gasteiger partial charge < -0.3 is 19.8 Å². The number of methoxy groups -OCH3 is 1. The highest BCUT2D eigenvalue weighted by atomic mass is 16.5. The Balaban J connectivity index is 1.63. The van der Waals surface area contributed by atoms with Gasteiger partial charge in [-0.3, -0.25) is 0 Å². The number of ether oxygens (including phenoxy) is 2. The first-order chi connectivity index (χ1) is 10.3. The Kier molecular flexibility index (Phi) is 3.69. The smallest absolute Gasteiger partial charge is 0.119 e. The van der Waals surface area contributed by atoms with Gasteiger partial charge in [-0.1, -0.05) is 0 Å². The van der Waals surface area contributed by atoms with E-state index in [9.17, 15) is 0 Å². The summed E-state index contributed by atoms with van der Waals surface area (Å²) in [5, 5.41) is 1.15. The summed E-state index contributed by atoms with van der Waals surface area (Å²) in [6, 6.07) is 15.6. The minimum atomic E-state index is 0.612. The highest BCUT2D eigenvalue weighted by Gasteiger charge is 2.02. The predicted octanol–water partition coefficient (Wildman–Crippen LogP) is 3.31. The number of hydrogen-bond donors (Lipinski definition) is 1. The van der Waals surface area contributed by atoms with E-state index in [1.165, 1.54) is 5.52 Å². The molecule has 0 aliphatic carbocycles. The van der Waals surface area contributed by atoms with Crippen LogP contribution in [0.3, 0.4) is 0 Å². The number of nitrogens with two attached hydrogens (primary N) is 1. The number of rotatable bonds is 5. The highest BCUT2D eigenvalue weighted by molar-refractivity contribution is 5.83. The highest BCUT2D eigenvalue weighted by Crippen LogP contribution is 2.20. The van der Waals surface area contributed by atoms with Gasteiger partial charge in [-0.15, -0.1) is 0 Å². The molecule has 108 valence electrons. The van der Waals surface area contributed by atoms with Crippen LogP contribution in [0.1, 0.15) is 0 Å². The van der Waals surface area contributed by atoms with Crippen LogP contribution in [-0.2, 0) is 6.54 Å². The maximum absolute atomic E-state index is 5.79. The lowest BCUT2D eigenvalue weighted by Crippen LogP contribution is -2.07. The molecule has 0 spiro atoms. The molecule has 1 heterocycles. The molecular formula is C17H18N2O2. The average molecular weight is 282 g/mol. The molecule has 2 aromatic carbocycles. The molecule has 0 bridgehead atoms. The first-order valence-electron chi connectivity index (χ1n) is 6.87. The quantitative estimate of drug-likeness (QED) is 0.730. The van der Waals surface area contributed by atoms with Crippen molar-refractivity contribution in [2.75, 3.05) is 19.5 Å². The van der Waals surface area contributed by atoms with E-state index in [1.54, 1.807) is 7.11 Å². The first-order valence-corrected chi connectivity index (χ1v) is 6.87.